The second kappa shape index (κ2) is 8.13. The Morgan fingerprint density at radius 1 is 0.893 bits per heavy atom. The molecule has 0 atom stereocenters. The summed E-state index contributed by atoms with van der Waals surface area (Å²) in [6.45, 7) is 12.0. The van der Waals surface area contributed by atoms with Crippen molar-refractivity contribution < 1.29 is 4.79 Å². The van der Waals surface area contributed by atoms with Gasteiger partial charge in [0.2, 0.25) is 0 Å². The van der Waals surface area contributed by atoms with Gasteiger partial charge in [-0.15, -0.1) is 0 Å². The van der Waals surface area contributed by atoms with Crippen LogP contribution in [0.25, 0.3) is 16.3 Å². The first-order valence-electron chi connectivity index (χ1n) is 9.36. The molecule has 3 rings (SSSR count). The largest absolute Gasteiger partial charge is 0.355 e. The van der Waals surface area contributed by atoms with Crippen molar-refractivity contribution in [2.75, 3.05) is 5.32 Å². The Kier molecular flexibility index (Phi) is 5.65. The van der Waals surface area contributed by atoms with Crippen molar-refractivity contribution in [2.45, 2.75) is 27.7 Å². The van der Waals surface area contributed by atoms with Crippen LogP contribution in [0.4, 0.5) is 5.69 Å². The van der Waals surface area contributed by atoms with Gasteiger partial charge in [0.1, 0.15) is 5.69 Å². The third-order valence-electron chi connectivity index (χ3n) is 4.59. The van der Waals surface area contributed by atoms with Crippen LogP contribution in [0.5, 0.6) is 0 Å². The molecule has 1 aromatic heterocycles. The summed E-state index contributed by atoms with van der Waals surface area (Å²) in [6, 6.07) is 20.1. The Hall–Kier alpha value is -3.33. The van der Waals surface area contributed by atoms with Gasteiger partial charge >= 0.3 is 0 Å². The highest BCUT2D eigenvalue weighted by atomic mass is 16.1. The van der Waals surface area contributed by atoms with Crippen LogP contribution in [0.3, 0.4) is 0 Å². The molecule has 3 aromatic rings. The van der Waals surface area contributed by atoms with Gasteiger partial charge in [0.15, 0.2) is 0 Å². The molecule has 0 saturated heterocycles. The summed E-state index contributed by atoms with van der Waals surface area (Å²) in [5.41, 5.74) is 6.16. The Labute approximate surface area is 166 Å². The number of fused-ring (bicyclic) bond motifs is 1. The van der Waals surface area contributed by atoms with Crippen molar-refractivity contribution in [3.63, 3.8) is 0 Å². The SMILES string of the molecule is C=C(C)c1cc2ccccc2cc1NC(=O)c1cc(C)cc(C)ccc(C)[nH]1. The van der Waals surface area contributed by atoms with Crippen LogP contribution in [-0.2, 0) is 0 Å². The first kappa shape index (κ1) is 19.4. The number of benzene rings is 2. The van der Waals surface area contributed by atoms with Crippen LogP contribution in [0.2, 0.25) is 0 Å². The number of amides is 1. The molecule has 1 amide bonds. The molecule has 28 heavy (non-hydrogen) atoms. The van der Waals surface area contributed by atoms with Crippen molar-refractivity contribution in [1.82, 2.24) is 4.98 Å². The molecule has 2 aromatic carbocycles. The third kappa shape index (κ3) is 4.49. The summed E-state index contributed by atoms with van der Waals surface area (Å²) in [4.78, 5) is 16.3. The summed E-state index contributed by atoms with van der Waals surface area (Å²) in [7, 11) is 0. The first-order chi connectivity index (χ1) is 13.3. The lowest BCUT2D eigenvalue weighted by Gasteiger charge is -2.13. The van der Waals surface area contributed by atoms with E-state index in [9.17, 15) is 4.79 Å². The van der Waals surface area contributed by atoms with Gasteiger partial charge in [-0.1, -0.05) is 48.5 Å². The highest BCUT2D eigenvalue weighted by molar-refractivity contribution is 6.06. The van der Waals surface area contributed by atoms with Gasteiger partial charge < -0.3 is 10.3 Å². The zero-order chi connectivity index (χ0) is 20.3. The van der Waals surface area contributed by atoms with Gasteiger partial charge in [-0.25, -0.2) is 0 Å². The van der Waals surface area contributed by atoms with E-state index < -0.39 is 0 Å². The van der Waals surface area contributed by atoms with E-state index in [2.05, 4.69) is 35.1 Å². The molecule has 0 aliphatic heterocycles. The number of H-pyrrole nitrogens is 1. The molecule has 0 bridgehead atoms. The maximum atomic E-state index is 13.1. The highest BCUT2D eigenvalue weighted by Crippen LogP contribution is 2.29. The summed E-state index contributed by atoms with van der Waals surface area (Å²) < 4.78 is 0. The molecular formula is C25H26N2O. The Morgan fingerprint density at radius 2 is 1.57 bits per heavy atom. The predicted molar refractivity (Wildman–Crippen MR) is 119 cm³/mol. The number of rotatable bonds is 3. The molecule has 3 heteroatoms. The standard InChI is InChI=1S/C25H26N2O/c1-16(2)22-14-20-8-6-7-9-21(20)15-23(22)27-25(28)24-13-18(4)12-17(3)10-11-19(5)26-24/h6-15,26H,1H2,2-5H3,(H,27,28). The quantitative estimate of drug-likeness (QED) is 0.543. The van der Waals surface area contributed by atoms with E-state index in [1.165, 1.54) is 0 Å². The Bertz CT molecular complexity index is 1120. The topological polar surface area (TPSA) is 44.9 Å². The highest BCUT2D eigenvalue weighted by Gasteiger charge is 2.11. The van der Waals surface area contributed by atoms with E-state index in [0.717, 1.165) is 44.4 Å². The lowest BCUT2D eigenvalue weighted by molar-refractivity contribution is 0.102. The molecule has 0 saturated carbocycles. The molecular weight excluding hydrogens is 344 g/mol. The number of hydrogen-bond acceptors (Lipinski definition) is 1. The summed E-state index contributed by atoms with van der Waals surface area (Å²) in [6.07, 6.45) is 0. The van der Waals surface area contributed by atoms with Crippen LogP contribution in [-0.4, -0.2) is 10.9 Å². The summed E-state index contributed by atoms with van der Waals surface area (Å²) in [5.74, 6) is -0.183. The molecule has 0 radical (unpaired) electrons. The van der Waals surface area contributed by atoms with Crippen molar-refractivity contribution in [3.8, 4) is 0 Å². The van der Waals surface area contributed by atoms with E-state index in [0.29, 0.717) is 5.69 Å². The van der Waals surface area contributed by atoms with E-state index in [1.807, 2.05) is 70.2 Å². The molecule has 0 spiro atoms. The molecule has 1 heterocycles. The zero-order valence-corrected chi connectivity index (χ0v) is 16.9. The number of hydrogen-bond donors (Lipinski definition) is 2. The minimum Gasteiger partial charge on any atom is -0.355 e. The van der Waals surface area contributed by atoms with E-state index in [-0.39, 0.29) is 5.91 Å². The second-order valence-electron chi connectivity index (χ2n) is 7.31. The number of aromatic amines is 1. The normalized spacial score (nSPS) is 10.4. The Morgan fingerprint density at radius 3 is 2.25 bits per heavy atom. The fourth-order valence-electron chi connectivity index (χ4n) is 3.23. The monoisotopic (exact) mass is 370 g/mol. The van der Waals surface area contributed by atoms with Crippen LogP contribution in [0, 0.1) is 20.8 Å². The maximum absolute atomic E-state index is 13.1. The molecule has 0 aliphatic rings. The van der Waals surface area contributed by atoms with Gasteiger partial charge in [0, 0.05) is 16.9 Å². The number of aryl methyl sites for hydroxylation is 3. The molecule has 142 valence electrons. The smallest absolute Gasteiger partial charge is 0.272 e. The number of carbonyl (C=O) groups is 1. The fourth-order valence-corrected chi connectivity index (χ4v) is 3.23. The predicted octanol–water partition coefficient (Wildman–Crippen LogP) is 6.50. The molecule has 2 N–H and O–H groups in total. The van der Waals surface area contributed by atoms with Gasteiger partial charge in [-0.3, -0.25) is 4.79 Å². The molecule has 0 aliphatic carbocycles. The minimum absolute atomic E-state index is 0.183. The van der Waals surface area contributed by atoms with Gasteiger partial charge in [-0.05, 0) is 73.9 Å². The number of anilines is 1. The number of nitrogens with one attached hydrogen (secondary N) is 2. The van der Waals surface area contributed by atoms with Crippen molar-refractivity contribution in [3.05, 3.63) is 95.3 Å². The van der Waals surface area contributed by atoms with Gasteiger partial charge in [-0.2, -0.15) is 0 Å². The van der Waals surface area contributed by atoms with Gasteiger partial charge in [0.25, 0.3) is 5.91 Å². The summed E-state index contributed by atoms with van der Waals surface area (Å²) in [5, 5.41) is 5.27. The first-order valence-corrected chi connectivity index (χ1v) is 9.36. The number of carbonyl (C=O) groups excluding carboxylic acids is 1. The van der Waals surface area contributed by atoms with Crippen LogP contribution < -0.4 is 5.32 Å². The van der Waals surface area contributed by atoms with E-state index in [4.69, 9.17) is 0 Å². The zero-order valence-electron chi connectivity index (χ0n) is 16.9. The van der Waals surface area contributed by atoms with E-state index in [1.54, 1.807) is 0 Å². The average molecular weight is 370 g/mol. The average Bonchev–Trinajstić information content (AvgIpc) is 2.70. The van der Waals surface area contributed by atoms with Crippen molar-refractivity contribution in [2.24, 2.45) is 0 Å². The third-order valence-corrected chi connectivity index (χ3v) is 4.59. The number of aromatic nitrogens is 1. The van der Waals surface area contributed by atoms with Crippen LogP contribution in [0.1, 0.15) is 39.8 Å². The van der Waals surface area contributed by atoms with Gasteiger partial charge in [0.05, 0.1) is 0 Å². The lowest BCUT2D eigenvalue weighted by Crippen LogP contribution is -2.14. The van der Waals surface area contributed by atoms with Crippen LogP contribution >= 0.6 is 0 Å². The fraction of sp³-hybridized carbons (Fsp3) is 0.160. The van der Waals surface area contributed by atoms with E-state index >= 15 is 0 Å². The molecule has 0 fully saturated rings. The van der Waals surface area contributed by atoms with Crippen molar-refractivity contribution >= 4 is 27.9 Å². The van der Waals surface area contributed by atoms with Crippen LogP contribution in [0.15, 0.2) is 67.2 Å². The van der Waals surface area contributed by atoms with Crippen molar-refractivity contribution in [1.29, 1.82) is 0 Å². The summed E-state index contributed by atoms with van der Waals surface area (Å²) >= 11 is 0. The maximum Gasteiger partial charge on any atom is 0.272 e. The molecule has 3 nitrogen and oxygen atoms in total. The number of allylic oxidation sites excluding steroid dienone is 1. The lowest BCUT2D eigenvalue weighted by atomic mass is 10.0. The Balaban J connectivity index is 2.08. The minimum atomic E-state index is -0.183. The second-order valence-corrected chi connectivity index (χ2v) is 7.31. The molecule has 0 unspecified atom stereocenters.